The lowest BCUT2D eigenvalue weighted by atomic mass is 10.2. The summed E-state index contributed by atoms with van der Waals surface area (Å²) in [4.78, 5) is 16.9. The third-order valence-electron chi connectivity index (χ3n) is 2.42. The SMILES string of the molecule is Cc1ncc(C)c(NC(C)c2ncccn2)n1. The lowest BCUT2D eigenvalue weighted by molar-refractivity contribution is 0.778. The molecule has 0 aliphatic heterocycles. The summed E-state index contributed by atoms with van der Waals surface area (Å²) >= 11 is 0. The number of nitrogens with zero attached hydrogens (tertiary/aromatic N) is 4. The number of aryl methyl sites for hydroxylation is 2. The average molecular weight is 229 g/mol. The van der Waals surface area contributed by atoms with Crippen molar-refractivity contribution in [1.29, 1.82) is 0 Å². The van der Waals surface area contributed by atoms with Crippen LogP contribution in [0.15, 0.2) is 24.7 Å². The van der Waals surface area contributed by atoms with Gasteiger partial charge in [0.05, 0.1) is 6.04 Å². The smallest absolute Gasteiger partial charge is 0.150 e. The van der Waals surface area contributed by atoms with Crippen molar-refractivity contribution in [3.63, 3.8) is 0 Å². The van der Waals surface area contributed by atoms with Gasteiger partial charge in [0.1, 0.15) is 17.5 Å². The quantitative estimate of drug-likeness (QED) is 0.872. The van der Waals surface area contributed by atoms with Crippen molar-refractivity contribution in [2.45, 2.75) is 26.8 Å². The summed E-state index contributed by atoms with van der Waals surface area (Å²) in [5.41, 5.74) is 1.01. The van der Waals surface area contributed by atoms with E-state index in [-0.39, 0.29) is 6.04 Å². The zero-order valence-electron chi connectivity index (χ0n) is 10.2. The predicted octanol–water partition coefficient (Wildman–Crippen LogP) is 2.06. The van der Waals surface area contributed by atoms with Gasteiger partial charge in [0.15, 0.2) is 0 Å². The molecule has 1 atom stereocenters. The Labute approximate surface area is 100 Å². The summed E-state index contributed by atoms with van der Waals surface area (Å²) in [7, 11) is 0. The fraction of sp³-hybridized carbons (Fsp3) is 0.333. The maximum atomic E-state index is 4.36. The maximum Gasteiger partial charge on any atom is 0.150 e. The standard InChI is InChI=1S/C12H15N5/c1-8-7-15-10(3)17-11(8)16-9(2)12-13-5-4-6-14-12/h4-7,9H,1-3H3,(H,15,16,17). The van der Waals surface area contributed by atoms with Gasteiger partial charge in [-0.25, -0.2) is 19.9 Å². The molecule has 2 rings (SSSR count). The summed E-state index contributed by atoms with van der Waals surface area (Å²) in [6, 6.07) is 1.82. The molecule has 5 nitrogen and oxygen atoms in total. The number of nitrogens with one attached hydrogen (secondary N) is 1. The summed E-state index contributed by atoms with van der Waals surface area (Å²) in [6.07, 6.45) is 5.28. The number of rotatable bonds is 3. The zero-order chi connectivity index (χ0) is 12.3. The van der Waals surface area contributed by atoms with Crippen LogP contribution in [0.3, 0.4) is 0 Å². The van der Waals surface area contributed by atoms with E-state index in [4.69, 9.17) is 0 Å². The van der Waals surface area contributed by atoms with Gasteiger partial charge in [-0.1, -0.05) is 0 Å². The van der Waals surface area contributed by atoms with Crippen molar-refractivity contribution in [3.05, 3.63) is 41.9 Å². The topological polar surface area (TPSA) is 63.6 Å². The normalized spacial score (nSPS) is 12.2. The Morgan fingerprint density at radius 3 is 2.53 bits per heavy atom. The van der Waals surface area contributed by atoms with Gasteiger partial charge in [0, 0.05) is 24.2 Å². The molecule has 0 aliphatic carbocycles. The van der Waals surface area contributed by atoms with Crippen LogP contribution in [-0.4, -0.2) is 19.9 Å². The Morgan fingerprint density at radius 1 is 1.12 bits per heavy atom. The second-order valence-electron chi connectivity index (χ2n) is 3.92. The molecule has 0 saturated carbocycles. The molecule has 0 bridgehead atoms. The van der Waals surface area contributed by atoms with Crippen LogP contribution in [0.2, 0.25) is 0 Å². The van der Waals surface area contributed by atoms with Gasteiger partial charge in [-0.3, -0.25) is 0 Å². The van der Waals surface area contributed by atoms with Gasteiger partial charge in [-0.2, -0.15) is 0 Å². The molecule has 0 amide bonds. The Balaban J connectivity index is 2.18. The molecule has 0 radical (unpaired) electrons. The van der Waals surface area contributed by atoms with E-state index in [1.54, 1.807) is 18.5 Å². The average Bonchev–Trinajstić information content (AvgIpc) is 2.35. The van der Waals surface area contributed by atoms with Crippen LogP contribution in [0.1, 0.15) is 30.2 Å². The highest BCUT2D eigenvalue weighted by Crippen LogP contribution is 2.16. The van der Waals surface area contributed by atoms with Crippen LogP contribution in [-0.2, 0) is 0 Å². The minimum absolute atomic E-state index is 0.0178. The molecule has 0 aromatic carbocycles. The highest BCUT2D eigenvalue weighted by Gasteiger charge is 2.10. The number of hydrogen-bond donors (Lipinski definition) is 1. The van der Waals surface area contributed by atoms with Gasteiger partial charge in [-0.05, 0) is 26.8 Å². The summed E-state index contributed by atoms with van der Waals surface area (Å²) in [5.74, 6) is 2.33. The van der Waals surface area contributed by atoms with Crippen molar-refractivity contribution in [2.75, 3.05) is 5.32 Å². The molecule has 0 fully saturated rings. The summed E-state index contributed by atoms with van der Waals surface area (Å²) in [6.45, 7) is 5.85. The molecule has 1 N–H and O–H groups in total. The van der Waals surface area contributed by atoms with E-state index >= 15 is 0 Å². The van der Waals surface area contributed by atoms with Gasteiger partial charge in [-0.15, -0.1) is 0 Å². The highest BCUT2D eigenvalue weighted by atomic mass is 15.1. The number of hydrogen-bond acceptors (Lipinski definition) is 5. The van der Waals surface area contributed by atoms with E-state index in [0.29, 0.717) is 0 Å². The first kappa shape index (κ1) is 11.4. The molecule has 88 valence electrons. The van der Waals surface area contributed by atoms with Crippen molar-refractivity contribution in [1.82, 2.24) is 19.9 Å². The largest absolute Gasteiger partial charge is 0.360 e. The summed E-state index contributed by atoms with van der Waals surface area (Å²) in [5, 5.41) is 3.29. The lowest BCUT2D eigenvalue weighted by Gasteiger charge is -2.14. The molecule has 2 aromatic rings. The van der Waals surface area contributed by atoms with Crippen LogP contribution in [0, 0.1) is 13.8 Å². The lowest BCUT2D eigenvalue weighted by Crippen LogP contribution is -2.12. The van der Waals surface area contributed by atoms with Crippen LogP contribution in [0.25, 0.3) is 0 Å². The van der Waals surface area contributed by atoms with E-state index < -0.39 is 0 Å². The predicted molar refractivity (Wildman–Crippen MR) is 65.6 cm³/mol. The van der Waals surface area contributed by atoms with Crippen molar-refractivity contribution in [2.24, 2.45) is 0 Å². The van der Waals surface area contributed by atoms with Gasteiger partial charge >= 0.3 is 0 Å². The Kier molecular flexibility index (Phi) is 3.27. The number of anilines is 1. The van der Waals surface area contributed by atoms with E-state index in [0.717, 1.165) is 23.0 Å². The van der Waals surface area contributed by atoms with Crippen LogP contribution in [0.5, 0.6) is 0 Å². The molecule has 0 aliphatic rings. The van der Waals surface area contributed by atoms with Gasteiger partial charge < -0.3 is 5.32 Å². The van der Waals surface area contributed by atoms with Crippen LogP contribution >= 0.6 is 0 Å². The molecule has 1 unspecified atom stereocenters. The highest BCUT2D eigenvalue weighted by molar-refractivity contribution is 5.43. The fourth-order valence-corrected chi connectivity index (χ4v) is 1.48. The fourth-order valence-electron chi connectivity index (χ4n) is 1.48. The maximum absolute atomic E-state index is 4.36. The molecular weight excluding hydrogens is 214 g/mol. The first-order chi connectivity index (χ1) is 8.16. The Bertz CT molecular complexity index is 498. The first-order valence-corrected chi connectivity index (χ1v) is 5.50. The third kappa shape index (κ3) is 2.75. The number of aromatic nitrogens is 4. The molecule has 5 heteroatoms. The van der Waals surface area contributed by atoms with E-state index in [9.17, 15) is 0 Å². The Morgan fingerprint density at radius 2 is 1.82 bits per heavy atom. The zero-order valence-corrected chi connectivity index (χ0v) is 10.2. The van der Waals surface area contributed by atoms with E-state index in [1.165, 1.54) is 0 Å². The van der Waals surface area contributed by atoms with E-state index in [1.807, 2.05) is 27.0 Å². The molecule has 0 saturated heterocycles. The summed E-state index contributed by atoms with van der Waals surface area (Å²) < 4.78 is 0. The van der Waals surface area contributed by atoms with Crippen molar-refractivity contribution in [3.8, 4) is 0 Å². The van der Waals surface area contributed by atoms with Gasteiger partial charge in [0.2, 0.25) is 0 Å². The van der Waals surface area contributed by atoms with E-state index in [2.05, 4.69) is 25.3 Å². The second kappa shape index (κ2) is 4.86. The van der Waals surface area contributed by atoms with Crippen LogP contribution in [0.4, 0.5) is 5.82 Å². The molecule has 2 heterocycles. The first-order valence-electron chi connectivity index (χ1n) is 5.50. The van der Waals surface area contributed by atoms with Crippen molar-refractivity contribution < 1.29 is 0 Å². The minimum Gasteiger partial charge on any atom is -0.360 e. The molecular formula is C12H15N5. The monoisotopic (exact) mass is 229 g/mol. The molecule has 2 aromatic heterocycles. The van der Waals surface area contributed by atoms with Gasteiger partial charge in [0.25, 0.3) is 0 Å². The second-order valence-corrected chi connectivity index (χ2v) is 3.92. The van der Waals surface area contributed by atoms with Crippen molar-refractivity contribution >= 4 is 5.82 Å². The Hall–Kier alpha value is -2.04. The molecule has 0 spiro atoms. The van der Waals surface area contributed by atoms with Crippen LogP contribution < -0.4 is 5.32 Å². The minimum atomic E-state index is 0.0178. The molecule has 17 heavy (non-hydrogen) atoms. The third-order valence-corrected chi connectivity index (χ3v) is 2.42.